The molecule has 10 heteroatoms. The monoisotopic (exact) mass is 452 g/mol. The molecule has 32 heavy (non-hydrogen) atoms. The summed E-state index contributed by atoms with van der Waals surface area (Å²) in [5.41, 5.74) is 2.74. The summed E-state index contributed by atoms with van der Waals surface area (Å²) in [6.45, 7) is 4.18. The van der Waals surface area contributed by atoms with Crippen LogP contribution in [0.15, 0.2) is 36.9 Å². The van der Waals surface area contributed by atoms with Crippen LogP contribution in [0.2, 0.25) is 0 Å². The second kappa shape index (κ2) is 9.01. The molecule has 0 aliphatic carbocycles. The van der Waals surface area contributed by atoms with Crippen LogP contribution in [0.25, 0.3) is 15.9 Å². The molecule has 1 atom stereocenters. The maximum atomic E-state index is 13.4. The first-order chi connectivity index (χ1) is 15.4. The van der Waals surface area contributed by atoms with E-state index >= 15 is 0 Å². The Morgan fingerprint density at radius 3 is 2.59 bits per heavy atom. The van der Waals surface area contributed by atoms with Gasteiger partial charge in [0, 0.05) is 14.2 Å². The molecular formula is C22H24N6O3S. The van der Waals surface area contributed by atoms with Gasteiger partial charge in [0.15, 0.2) is 5.82 Å². The normalized spacial score (nSPS) is 12.2. The summed E-state index contributed by atoms with van der Waals surface area (Å²) in [6, 6.07) is 7.78. The average molecular weight is 453 g/mol. The number of nitrogens with zero attached hydrogens (tertiary/aromatic N) is 6. The summed E-state index contributed by atoms with van der Waals surface area (Å²) in [7, 11) is 4.96. The Balaban J connectivity index is 1.62. The number of ether oxygens (including phenoxy) is 2. The molecule has 3 aromatic heterocycles. The molecule has 0 bridgehead atoms. The highest BCUT2D eigenvalue weighted by atomic mass is 32.1. The SMILES string of the molecule is COCc1nc(OC)c2c(C)c(C(=O)N(C)C(C)c3ccc(-n4cncn4)cc3)sc2n1. The van der Waals surface area contributed by atoms with E-state index in [1.165, 1.54) is 17.7 Å². The maximum absolute atomic E-state index is 13.4. The van der Waals surface area contributed by atoms with E-state index in [4.69, 9.17) is 9.47 Å². The molecule has 0 aliphatic rings. The van der Waals surface area contributed by atoms with E-state index in [9.17, 15) is 4.79 Å². The number of benzene rings is 1. The van der Waals surface area contributed by atoms with E-state index in [1.54, 1.807) is 37.2 Å². The highest BCUT2D eigenvalue weighted by Crippen LogP contribution is 2.36. The van der Waals surface area contributed by atoms with Crippen molar-refractivity contribution in [2.24, 2.45) is 0 Å². The third-order valence-corrected chi connectivity index (χ3v) is 6.60. The second-order valence-corrected chi connectivity index (χ2v) is 8.34. The van der Waals surface area contributed by atoms with Crippen molar-refractivity contribution in [2.45, 2.75) is 26.5 Å². The fraction of sp³-hybridized carbons (Fsp3) is 0.318. The standard InChI is InChI=1S/C22H24N6O3S/c1-13-18-20(31-5)25-17(10-30-4)26-21(18)32-19(13)22(29)27(3)14(2)15-6-8-16(9-7-15)28-12-23-11-24-28/h6-9,11-12,14H,10H2,1-5H3. The van der Waals surface area contributed by atoms with Crippen molar-refractivity contribution in [3.05, 3.63) is 58.7 Å². The maximum Gasteiger partial charge on any atom is 0.264 e. The van der Waals surface area contributed by atoms with Crippen LogP contribution in [0, 0.1) is 6.92 Å². The van der Waals surface area contributed by atoms with Crippen molar-refractivity contribution in [2.75, 3.05) is 21.3 Å². The Morgan fingerprint density at radius 1 is 1.22 bits per heavy atom. The summed E-state index contributed by atoms with van der Waals surface area (Å²) < 4.78 is 12.3. The quantitative estimate of drug-likeness (QED) is 0.423. The summed E-state index contributed by atoms with van der Waals surface area (Å²) in [4.78, 5) is 29.4. The molecule has 1 aromatic carbocycles. The Hall–Kier alpha value is -3.37. The smallest absolute Gasteiger partial charge is 0.264 e. The number of aromatic nitrogens is 5. The molecule has 0 saturated carbocycles. The van der Waals surface area contributed by atoms with Gasteiger partial charge in [-0.3, -0.25) is 4.79 Å². The zero-order valence-corrected chi connectivity index (χ0v) is 19.4. The Labute approximate surface area is 189 Å². The highest BCUT2D eigenvalue weighted by molar-refractivity contribution is 7.20. The highest BCUT2D eigenvalue weighted by Gasteiger charge is 2.26. The van der Waals surface area contributed by atoms with E-state index in [1.807, 2.05) is 38.1 Å². The zero-order chi connectivity index (χ0) is 22.8. The minimum Gasteiger partial charge on any atom is -0.480 e. The van der Waals surface area contributed by atoms with Gasteiger partial charge in [0.1, 0.15) is 24.1 Å². The Morgan fingerprint density at radius 2 is 1.97 bits per heavy atom. The number of aryl methyl sites for hydroxylation is 1. The molecule has 3 heterocycles. The van der Waals surface area contributed by atoms with Crippen LogP contribution >= 0.6 is 11.3 Å². The minimum atomic E-state index is -0.131. The van der Waals surface area contributed by atoms with E-state index in [0.717, 1.165) is 22.2 Å². The van der Waals surface area contributed by atoms with Crippen molar-refractivity contribution >= 4 is 27.5 Å². The van der Waals surface area contributed by atoms with E-state index in [0.29, 0.717) is 21.4 Å². The number of rotatable bonds is 7. The van der Waals surface area contributed by atoms with Gasteiger partial charge >= 0.3 is 0 Å². The zero-order valence-electron chi connectivity index (χ0n) is 18.6. The predicted octanol–water partition coefficient (Wildman–Crippen LogP) is 3.57. The Bertz CT molecular complexity index is 1240. The van der Waals surface area contributed by atoms with Crippen LogP contribution in [-0.4, -0.2) is 56.8 Å². The molecule has 4 aromatic rings. The first-order valence-electron chi connectivity index (χ1n) is 9.99. The molecule has 0 spiro atoms. The molecule has 4 rings (SSSR count). The van der Waals surface area contributed by atoms with Crippen molar-refractivity contribution < 1.29 is 14.3 Å². The number of methoxy groups -OCH3 is 2. The largest absolute Gasteiger partial charge is 0.480 e. The number of hydrogen-bond donors (Lipinski definition) is 0. The number of thiophene rings is 1. The molecule has 0 radical (unpaired) electrons. The van der Waals surface area contributed by atoms with Gasteiger partial charge in [-0.1, -0.05) is 12.1 Å². The van der Waals surface area contributed by atoms with Gasteiger partial charge in [-0.05, 0) is 37.1 Å². The average Bonchev–Trinajstić information content (AvgIpc) is 3.46. The first kappa shape index (κ1) is 21.8. The van der Waals surface area contributed by atoms with Crippen molar-refractivity contribution in [3.63, 3.8) is 0 Å². The number of fused-ring (bicyclic) bond motifs is 1. The molecule has 0 aliphatic heterocycles. The van der Waals surface area contributed by atoms with E-state index in [-0.39, 0.29) is 18.6 Å². The molecule has 9 nitrogen and oxygen atoms in total. The van der Waals surface area contributed by atoms with E-state index in [2.05, 4.69) is 20.1 Å². The van der Waals surface area contributed by atoms with Crippen LogP contribution in [0.4, 0.5) is 0 Å². The lowest BCUT2D eigenvalue weighted by Crippen LogP contribution is -2.29. The van der Waals surface area contributed by atoms with Crippen LogP contribution in [0.3, 0.4) is 0 Å². The van der Waals surface area contributed by atoms with Crippen LogP contribution in [0.5, 0.6) is 5.88 Å². The second-order valence-electron chi connectivity index (χ2n) is 7.34. The van der Waals surface area contributed by atoms with Gasteiger partial charge in [-0.2, -0.15) is 10.1 Å². The lowest BCUT2D eigenvalue weighted by atomic mass is 10.1. The predicted molar refractivity (Wildman–Crippen MR) is 121 cm³/mol. The lowest BCUT2D eigenvalue weighted by molar-refractivity contribution is 0.0747. The third-order valence-electron chi connectivity index (χ3n) is 5.42. The molecular weight excluding hydrogens is 428 g/mol. The topological polar surface area (TPSA) is 95.3 Å². The Kier molecular flexibility index (Phi) is 6.15. The van der Waals surface area contributed by atoms with Crippen molar-refractivity contribution in [1.82, 2.24) is 29.6 Å². The molecule has 166 valence electrons. The number of hydrogen-bond acceptors (Lipinski definition) is 8. The molecule has 1 unspecified atom stereocenters. The van der Waals surface area contributed by atoms with Gasteiger partial charge < -0.3 is 14.4 Å². The van der Waals surface area contributed by atoms with Crippen molar-refractivity contribution in [3.8, 4) is 11.6 Å². The molecule has 1 amide bonds. The van der Waals surface area contributed by atoms with Gasteiger partial charge in [0.25, 0.3) is 5.91 Å². The molecule has 0 saturated heterocycles. The van der Waals surface area contributed by atoms with Gasteiger partial charge in [-0.15, -0.1) is 11.3 Å². The molecule has 0 fully saturated rings. The summed E-state index contributed by atoms with van der Waals surface area (Å²) in [6.07, 6.45) is 3.14. The molecule has 0 N–H and O–H groups in total. The van der Waals surface area contributed by atoms with E-state index < -0.39 is 0 Å². The van der Waals surface area contributed by atoms with Gasteiger partial charge in [0.05, 0.1) is 29.1 Å². The van der Waals surface area contributed by atoms with Gasteiger partial charge in [0.2, 0.25) is 5.88 Å². The summed E-state index contributed by atoms with van der Waals surface area (Å²) in [5.74, 6) is 0.897. The lowest BCUT2D eigenvalue weighted by Gasteiger charge is -2.25. The van der Waals surface area contributed by atoms with Crippen LogP contribution < -0.4 is 4.74 Å². The van der Waals surface area contributed by atoms with Crippen LogP contribution in [-0.2, 0) is 11.3 Å². The third kappa shape index (κ3) is 3.94. The fourth-order valence-corrected chi connectivity index (χ4v) is 4.67. The minimum absolute atomic E-state index is 0.0753. The fourth-order valence-electron chi connectivity index (χ4n) is 3.50. The number of amides is 1. The van der Waals surface area contributed by atoms with Crippen LogP contribution in [0.1, 0.15) is 39.6 Å². The first-order valence-corrected chi connectivity index (χ1v) is 10.8. The number of carbonyl (C=O) groups excluding carboxylic acids is 1. The van der Waals surface area contributed by atoms with Crippen molar-refractivity contribution in [1.29, 1.82) is 0 Å². The summed E-state index contributed by atoms with van der Waals surface area (Å²) in [5, 5.41) is 4.90. The van der Waals surface area contributed by atoms with Gasteiger partial charge in [-0.25, -0.2) is 14.6 Å². The number of carbonyl (C=O) groups is 1. The summed E-state index contributed by atoms with van der Waals surface area (Å²) >= 11 is 1.35.